The van der Waals surface area contributed by atoms with Crippen LogP contribution in [-0.2, 0) is 0 Å². The molecule has 0 radical (unpaired) electrons. The fraction of sp³-hybridized carbons (Fsp3) is 0.368. The molecule has 1 aliphatic carbocycles. The molecule has 0 saturated heterocycles. The van der Waals surface area contributed by atoms with Crippen molar-refractivity contribution in [1.82, 2.24) is 15.2 Å². The number of allylic oxidation sites excluding steroid dienone is 2. The normalized spacial score (nSPS) is 14.0. The zero-order chi connectivity index (χ0) is 17.1. The van der Waals surface area contributed by atoms with E-state index >= 15 is 0 Å². The Kier molecular flexibility index (Phi) is 5.11. The van der Waals surface area contributed by atoms with Crippen LogP contribution in [0.5, 0.6) is 0 Å². The SMILES string of the molecule is C=C1CC=C(NCCN(CC)CC)c2c1sc1cnccc1c2=O. The maximum absolute atomic E-state index is 13.0. The Morgan fingerprint density at radius 3 is 2.92 bits per heavy atom. The van der Waals surface area contributed by atoms with E-state index in [4.69, 9.17) is 0 Å². The lowest BCUT2D eigenvalue weighted by atomic mass is 9.97. The highest BCUT2D eigenvalue weighted by molar-refractivity contribution is 7.19. The molecule has 0 saturated carbocycles. The summed E-state index contributed by atoms with van der Waals surface area (Å²) in [7, 11) is 0. The van der Waals surface area contributed by atoms with Gasteiger partial charge in [0.05, 0.1) is 10.3 Å². The number of fused-ring (bicyclic) bond motifs is 2. The molecule has 5 heteroatoms. The molecule has 24 heavy (non-hydrogen) atoms. The van der Waals surface area contributed by atoms with Crippen LogP contribution in [0.4, 0.5) is 0 Å². The van der Waals surface area contributed by atoms with Gasteiger partial charge in [0.1, 0.15) is 0 Å². The summed E-state index contributed by atoms with van der Waals surface area (Å²) >= 11 is 1.61. The Bertz CT molecular complexity index is 849. The molecular formula is C19H23N3OS. The number of rotatable bonds is 6. The van der Waals surface area contributed by atoms with Gasteiger partial charge in [-0.3, -0.25) is 9.78 Å². The number of hydrogen-bond acceptors (Lipinski definition) is 5. The molecule has 2 aromatic rings. The number of pyridine rings is 1. The first-order valence-electron chi connectivity index (χ1n) is 8.41. The topological polar surface area (TPSA) is 45.2 Å². The highest BCUT2D eigenvalue weighted by Gasteiger charge is 2.21. The van der Waals surface area contributed by atoms with Gasteiger partial charge in [-0.25, -0.2) is 0 Å². The largest absolute Gasteiger partial charge is 0.383 e. The molecule has 1 aliphatic rings. The van der Waals surface area contributed by atoms with E-state index in [0.29, 0.717) is 0 Å². The fourth-order valence-corrected chi connectivity index (χ4v) is 4.15. The first-order chi connectivity index (χ1) is 11.7. The summed E-state index contributed by atoms with van der Waals surface area (Å²) in [5.74, 6) is 0. The van der Waals surface area contributed by atoms with Crippen LogP contribution in [0.1, 0.15) is 30.7 Å². The van der Waals surface area contributed by atoms with Gasteiger partial charge < -0.3 is 10.2 Å². The molecule has 0 spiro atoms. The van der Waals surface area contributed by atoms with Crippen LogP contribution in [0.3, 0.4) is 0 Å². The monoisotopic (exact) mass is 341 g/mol. The molecule has 1 N–H and O–H groups in total. The van der Waals surface area contributed by atoms with Gasteiger partial charge in [0.2, 0.25) is 0 Å². The summed E-state index contributed by atoms with van der Waals surface area (Å²) in [5, 5.41) is 4.21. The van der Waals surface area contributed by atoms with Crippen LogP contribution in [0, 0.1) is 0 Å². The maximum Gasteiger partial charge on any atom is 0.198 e. The van der Waals surface area contributed by atoms with Crippen molar-refractivity contribution < 1.29 is 0 Å². The Balaban J connectivity index is 1.94. The van der Waals surface area contributed by atoms with Gasteiger partial charge in [0.15, 0.2) is 5.43 Å². The Morgan fingerprint density at radius 1 is 1.38 bits per heavy atom. The molecule has 2 heterocycles. The highest BCUT2D eigenvalue weighted by atomic mass is 32.1. The van der Waals surface area contributed by atoms with Crippen LogP contribution in [0.25, 0.3) is 21.4 Å². The zero-order valence-corrected chi connectivity index (χ0v) is 15.1. The third-order valence-corrected chi connectivity index (χ3v) is 5.72. The number of hydrogen-bond donors (Lipinski definition) is 1. The molecule has 0 fully saturated rings. The molecule has 2 aromatic heterocycles. The molecule has 126 valence electrons. The van der Waals surface area contributed by atoms with Crippen molar-refractivity contribution in [2.24, 2.45) is 0 Å². The highest BCUT2D eigenvalue weighted by Crippen LogP contribution is 2.35. The van der Waals surface area contributed by atoms with Crippen LogP contribution >= 0.6 is 11.3 Å². The molecule has 0 aromatic carbocycles. The first kappa shape index (κ1) is 16.9. The standard InChI is InChI=1S/C19H23N3OS/c1-4-22(5-2)11-10-21-15-7-6-13(3)19-17(15)18(23)14-8-9-20-12-16(14)24-19/h7-9,12,21H,3-6,10-11H2,1-2H3. The predicted molar refractivity (Wildman–Crippen MR) is 103 cm³/mol. The van der Waals surface area contributed by atoms with Crippen molar-refractivity contribution in [3.05, 3.63) is 51.8 Å². The van der Waals surface area contributed by atoms with E-state index in [1.54, 1.807) is 29.8 Å². The summed E-state index contributed by atoms with van der Waals surface area (Å²) in [6.45, 7) is 12.4. The lowest BCUT2D eigenvalue weighted by Gasteiger charge is -2.23. The molecule has 0 atom stereocenters. The Hall–Kier alpha value is -1.98. The quantitative estimate of drug-likeness (QED) is 0.875. The molecule has 4 nitrogen and oxygen atoms in total. The van der Waals surface area contributed by atoms with Gasteiger partial charge in [0.25, 0.3) is 0 Å². The number of nitrogens with one attached hydrogen (secondary N) is 1. The van der Waals surface area contributed by atoms with E-state index in [1.165, 1.54) is 0 Å². The summed E-state index contributed by atoms with van der Waals surface area (Å²) in [4.78, 5) is 20.5. The fourth-order valence-electron chi connectivity index (χ4n) is 3.01. The smallest absolute Gasteiger partial charge is 0.198 e. The first-order valence-corrected chi connectivity index (χ1v) is 9.23. The van der Waals surface area contributed by atoms with Crippen molar-refractivity contribution in [2.75, 3.05) is 26.2 Å². The van der Waals surface area contributed by atoms with Crippen LogP contribution in [0.2, 0.25) is 0 Å². The van der Waals surface area contributed by atoms with Crippen molar-refractivity contribution >= 4 is 32.7 Å². The summed E-state index contributed by atoms with van der Waals surface area (Å²) in [6, 6.07) is 1.80. The molecular weight excluding hydrogens is 318 g/mol. The third kappa shape index (κ3) is 3.14. The number of aromatic nitrogens is 1. The van der Waals surface area contributed by atoms with E-state index in [1.807, 2.05) is 0 Å². The summed E-state index contributed by atoms with van der Waals surface area (Å²) in [6.07, 6.45) is 6.31. The Labute approximate surface area is 146 Å². The second-order valence-corrected chi connectivity index (χ2v) is 6.94. The zero-order valence-electron chi connectivity index (χ0n) is 14.3. The van der Waals surface area contributed by atoms with E-state index in [2.05, 4.69) is 41.7 Å². The minimum atomic E-state index is 0.0728. The predicted octanol–water partition coefficient (Wildman–Crippen LogP) is 3.35. The average Bonchev–Trinajstić information content (AvgIpc) is 2.61. The summed E-state index contributed by atoms with van der Waals surface area (Å²) in [5.41, 5.74) is 2.80. The van der Waals surface area contributed by atoms with E-state index in [-0.39, 0.29) is 5.43 Å². The Morgan fingerprint density at radius 2 is 2.17 bits per heavy atom. The van der Waals surface area contributed by atoms with Gasteiger partial charge in [0, 0.05) is 41.4 Å². The van der Waals surface area contributed by atoms with Crippen LogP contribution < -0.4 is 10.7 Å². The second-order valence-electron chi connectivity index (χ2n) is 5.89. The average molecular weight is 341 g/mol. The van der Waals surface area contributed by atoms with Crippen molar-refractivity contribution in [2.45, 2.75) is 20.3 Å². The van der Waals surface area contributed by atoms with Gasteiger partial charge in [-0.2, -0.15) is 0 Å². The van der Waals surface area contributed by atoms with Gasteiger partial charge in [-0.15, -0.1) is 11.3 Å². The third-order valence-electron chi connectivity index (χ3n) is 4.48. The second kappa shape index (κ2) is 7.28. The van der Waals surface area contributed by atoms with E-state index in [0.717, 1.165) is 64.4 Å². The maximum atomic E-state index is 13.0. The van der Waals surface area contributed by atoms with Gasteiger partial charge in [-0.1, -0.05) is 26.5 Å². The van der Waals surface area contributed by atoms with Crippen molar-refractivity contribution in [1.29, 1.82) is 0 Å². The lowest BCUT2D eigenvalue weighted by molar-refractivity contribution is 0.308. The van der Waals surface area contributed by atoms with Gasteiger partial charge in [-0.05, 0) is 31.1 Å². The van der Waals surface area contributed by atoms with E-state index in [9.17, 15) is 4.79 Å². The molecule has 0 unspecified atom stereocenters. The molecule has 0 bridgehead atoms. The van der Waals surface area contributed by atoms with Gasteiger partial charge >= 0.3 is 0 Å². The minimum Gasteiger partial charge on any atom is -0.383 e. The van der Waals surface area contributed by atoms with Crippen molar-refractivity contribution in [3.8, 4) is 0 Å². The van der Waals surface area contributed by atoms with E-state index < -0.39 is 0 Å². The number of nitrogens with zero attached hydrogens (tertiary/aromatic N) is 2. The lowest BCUT2D eigenvalue weighted by Crippen LogP contribution is -2.32. The summed E-state index contributed by atoms with van der Waals surface area (Å²) < 4.78 is 0.923. The molecule has 0 amide bonds. The van der Waals surface area contributed by atoms with Crippen LogP contribution in [-0.4, -0.2) is 36.1 Å². The number of likely N-dealkylation sites (N-methyl/N-ethyl adjacent to an activating group) is 1. The molecule has 3 rings (SSSR count). The molecule has 0 aliphatic heterocycles. The minimum absolute atomic E-state index is 0.0728. The van der Waals surface area contributed by atoms with Crippen LogP contribution in [0.15, 0.2) is 35.9 Å². The van der Waals surface area contributed by atoms with Crippen molar-refractivity contribution in [3.63, 3.8) is 0 Å².